The van der Waals surface area contributed by atoms with Crippen molar-refractivity contribution in [2.75, 3.05) is 0 Å². The highest BCUT2D eigenvalue weighted by Gasteiger charge is 2.62. The molecular weight excluding hydrogens is 404 g/mol. The van der Waals surface area contributed by atoms with Crippen LogP contribution in [-0.2, 0) is 16.9 Å². The topological polar surface area (TPSA) is 64.7 Å². The molecule has 1 unspecified atom stereocenters. The highest BCUT2D eigenvalue weighted by Crippen LogP contribution is 2.49. The van der Waals surface area contributed by atoms with Crippen LogP contribution in [0.2, 0.25) is 10.0 Å². The van der Waals surface area contributed by atoms with E-state index in [1.165, 1.54) is 30.3 Å². The van der Waals surface area contributed by atoms with E-state index < -0.39 is 24.1 Å². The van der Waals surface area contributed by atoms with Crippen molar-refractivity contribution in [3.63, 3.8) is 0 Å². The van der Waals surface area contributed by atoms with Gasteiger partial charge in [0.2, 0.25) is 5.91 Å². The van der Waals surface area contributed by atoms with Crippen LogP contribution in [0.3, 0.4) is 0 Å². The third kappa shape index (κ3) is 3.89. The fourth-order valence-corrected chi connectivity index (χ4v) is 3.40. The molecule has 2 aromatic carbocycles. The molecule has 0 fully saturated rings. The highest BCUT2D eigenvalue weighted by atomic mass is 35.5. The molecule has 0 aliphatic carbocycles. The Bertz CT molecular complexity index is 894. The van der Waals surface area contributed by atoms with E-state index in [2.05, 4.69) is 5.16 Å². The molecule has 0 radical (unpaired) electrons. The third-order valence-electron chi connectivity index (χ3n) is 4.22. The van der Waals surface area contributed by atoms with Gasteiger partial charge >= 0.3 is 6.18 Å². The Morgan fingerprint density at radius 3 is 2.26 bits per heavy atom. The molecular formula is C18H13Cl2F3N2O2. The lowest BCUT2D eigenvalue weighted by atomic mass is 9.87. The van der Waals surface area contributed by atoms with Crippen molar-refractivity contribution in [1.82, 2.24) is 0 Å². The first-order chi connectivity index (χ1) is 12.6. The predicted octanol–water partition coefficient (Wildman–Crippen LogP) is 4.87. The molecule has 1 heterocycles. The minimum atomic E-state index is -4.73. The quantitative estimate of drug-likeness (QED) is 0.772. The van der Waals surface area contributed by atoms with Gasteiger partial charge in [-0.15, -0.1) is 0 Å². The Labute approximate surface area is 162 Å². The molecule has 0 saturated heterocycles. The van der Waals surface area contributed by atoms with Crippen LogP contribution in [0.5, 0.6) is 0 Å². The normalized spacial score (nSPS) is 19.5. The summed E-state index contributed by atoms with van der Waals surface area (Å²) in [4.78, 5) is 16.0. The molecule has 1 amide bonds. The average Bonchev–Trinajstić information content (AvgIpc) is 2.99. The van der Waals surface area contributed by atoms with E-state index in [-0.39, 0.29) is 27.7 Å². The fourth-order valence-electron chi connectivity index (χ4n) is 2.87. The molecule has 1 atom stereocenters. The Morgan fingerprint density at radius 1 is 1.15 bits per heavy atom. The van der Waals surface area contributed by atoms with E-state index >= 15 is 0 Å². The zero-order valence-electron chi connectivity index (χ0n) is 13.7. The lowest BCUT2D eigenvalue weighted by Gasteiger charge is -2.29. The van der Waals surface area contributed by atoms with Crippen molar-refractivity contribution in [3.8, 4) is 0 Å². The second-order valence-electron chi connectivity index (χ2n) is 6.15. The first kappa shape index (κ1) is 19.5. The molecule has 0 saturated carbocycles. The van der Waals surface area contributed by atoms with Crippen molar-refractivity contribution in [1.29, 1.82) is 0 Å². The number of nitrogens with zero attached hydrogens (tertiary/aromatic N) is 1. The minimum absolute atomic E-state index is 0.0696. The molecule has 142 valence electrons. The van der Waals surface area contributed by atoms with Crippen LogP contribution in [0.4, 0.5) is 13.2 Å². The summed E-state index contributed by atoms with van der Waals surface area (Å²) in [7, 11) is 0. The summed E-state index contributed by atoms with van der Waals surface area (Å²) in [5.74, 6) is -0.586. The molecule has 0 spiro atoms. The summed E-state index contributed by atoms with van der Waals surface area (Å²) in [5, 5.41) is 3.80. The summed E-state index contributed by atoms with van der Waals surface area (Å²) < 4.78 is 41.6. The van der Waals surface area contributed by atoms with Crippen LogP contribution < -0.4 is 5.73 Å². The van der Waals surface area contributed by atoms with Gasteiger partial charge in [-0.2, -0.15) is 13.2 Å². The zero-order chi connectivity index (χ0) is 19.8. The molecule has 9 heteroatoms. The van der Waals surface area contributed by atoms with Crippen LogP contribution >= 0.6 is 23.2 Å². The van der Waals surface area contributed by atoms with Gasteiger partial charge in [-0.1, -0.05) is 40.5 Å². The van der Waals surface area contributed by atoms with Gasteiger partial charge in [0, 0.05) is 34.0 Å². The van der Waals surface area contributed by atoms with Crippen LogP contribution in [0.15, 0.2) is 47.6 Å². The van der Waals surface area contributed by atoms with Gasteiger partial charge < -0.3 is 10.6 Å². The Balaban J connectivity index is 1.87. The molecule has 27 heavy (non-hydrogen) atoms. The van der Waals surface area contributed by atoms with E-state index in [1.54, 1.807) is 12.1 Å². The molecule has 0 bridgehead atoms. The third-order valence-corrected chi connectivity index (χ3v) is 4.65. The molecule has 2 aromatic rings. The number of carbonyl (C=O) groups is 1. The smallest absolute Gasteiger partial charge is 0.374 e. The van der Waals surface area contributed by atoms with Crippen molar-refractivity contribution in [3.05, 3.63) is 69.2 Å². The van der Waals surface area contributed by atoms with Crippen molar-refractivity contribution < 1.29 is 22.8 Å². The fraction of sp³-hybridized carbons (Fsp3) is 0.222. The van der Waals surface area contributed by atoms with Crippen molar-refractivity contribution in [2.24, 2.45) is 10.9 Å². The maximum atomic E-state index is 13.9. The maximum absolute atomic E-state index is 13.9. The number of hydrogen-bond acceptors (Lipinski definition) is 3. The Kier molecular flexibility index (Phi) is 5.10. The van der Waals surface area contributed by atoms with E-state index in [0.29, 0.717) is 11.1 Å². The number of rotatable bonds is 4. The van der Waals surface area contributed by atoms with Crippen molar-refractivity contribution in [2.45, 2.75) is 24.6 Å². The van der Waals surface area contributed by atoms with Gasteiger partial charge in [-0.3, -0.25) is 4.79 Å². The minimum Gasteiger partial charge on any atom is -0.374 e. The summed E-state index contributed by atoms with van der Waals surface area (Å²) in [5.41, 5.74) is 3.49. The highest BCUT2D eigenvalue weighted by molar-refractivity contribution is 6.34. The van der Waals surface area contributed by atoms with Gasteiger partial charge in [0.25, 0.3) is 5.60 Å². The second-order valence-corrected chi connectivity index (χ2v) is 7.02. The number of hydrogen-bond donors (Lipinski definition) is 1. The number of carbonyl (C=O) groups excluding carboxylic acids is 1. The number of halogens is 5. The number of benzene rings is 2. The van der Waals surface area contributed by atoms with Gasteiger partial charge in [-0.05, 0) is 35.9 Å². The van der Waals surface area contributed by atoms with Gasteiger partial charge in [0.1, 0.15) is 0 Å². The molecule has 3 rings (SSSR count). The second kappa shape index (κ2) is 7.05. The SMILES string of the molecule is NC(=O)c1ccc(CC2=NOC(c3cc(Cl)cc(Cl)c3)(C(F)(F)F)C2)cc1. The van der Waals surface area contributed by atoms with Crippen LogP contribution in [0, 0.1) is 0 Å². The van der Waals surface area contributed by atoms with Gasteiger partial charge in [-0.25, -0.2) is 0 Å². The standard InChI is InChI=1S/C18H13Cl2F3N2O2/c19-13-6-12(7-14(20)8-13)17(18(21,22)23)9-15(25-27-17)5-10-1-3-11(4-2-10)16(24)26/h1-4,6-8H,5,9H2,(H2,24,26). The largest absolute Gasteiger partial charge is 0.435 e. The molecule has 1 aliphatic rings. The number of alkyl halides is 3. The summed E-state index contributed by atoms with van der Waals surface area (Å²) in [6.07, 6.45) is -5.10. The monoisotopic (exact) mass is 416 g/mol. The number of nitrogens with two attached hydrogens (primary N) is 1. The summed E-state index contributed by atoms with van der Waals surface area (Å²) >= 11 is 11.7. The Hall–Kier alpha value is -2.25. The lowest BCUT2D eigenvalue weighted by molar-refractivity contribution is -0.275. The van der Waals surface area contributed by atoms with Crippen LogP contribution in [0.25, 0.3) is 0 Å². The van der Waals surface area contributed by atoms with E-state index in [0.717, 1.165) is 0 Å². The number of oxime groups is 1. The van der Waals surface area contributed by atoms with Gasteiger partial charge in [0.15, 0.2) is 0 Å². The summed E-state index contributed by atoms with van der Waals surface area (Å²) in [6.45, 7) is 0. The zero-order valence-corrected chi connectivity index (χ0v) is 15.2. The van der Waals surface area contributed by atoms with E-state index in [4.69, 9.17) is 33.8 Å². The lowest BCUT2D eigenvalue weighted by Crippen LogP contribution is -2.42. The first-order valence-electron chi connectivity index (χ1n) is 7.77. The van der Waals surface area contributed by atoms with Gasteiger partial charge in [0.05, 0.1) is 5.71 Å². The molecule has 1 aliphatic heterocycles. The van der Waals surface area contributed by atoms with Crippen LogP contribution in [0.1, 0.15) is 27.9 Å². The summed E-state index contributed by atoms with van der Waals surface area (Å²) in [6, 6.07) is 9.89. The first-order valence-corrected chi connectivity index (χ1v) is 8.52. The average molecular weight is 417 g/mol. The van der Waals surface area contributed by atoms with E-state index in [9.17, 15) is 18.0 Å². The molecule has 4 nitrogen and oxygen atoms in total. The maximum Gasteiger partial charge on any atom is 0.435 e. The van der Waals surface area contributed by atoms with Crippen LogP contribution in [-0.4, -0.2) is 17.8 Å². The number of amides is 1. The van der Waals surface area contributed by atoms with Crippen molar-refractivity contribution >= 4 is 34.8 Å². The Morgan fingerprint density at radius 2 is 1.74 bits per heavy atom. The molecule has 2 N–H and O–H groups in total. The van der Waals surface area contributed by atoms with E-state index in [1.807, 2.05) is 0 Å². The number of primary amides is 1. The molecule has 0 aromatic heterocycles. The predicted molar refractivity (Wildman–Crippen MR) is 96.0 cm³/mol.